The second kappa shape index (κ2) is 16.6. The van der Waals surface area contributed by atoms with Gasteiger partial charge in [-0.25, -0.2) is 4.98 Å². The van der Waals surface area contributed by atoms with E-state index in [1.165, 1.54) is 5.56 Å². The fourth-order valence-corrected chi connectivity index (χ4v) is 8.78. The van der Waals surface area contributed by atoms with Crippen LogP contribution in [0.5, 0.6) is 5.75 Å². The van der Waals surface area contributed by atoms with Gasteiger partial charge in [-0.05, 0) is 126 Å². The third-order valence-corrected chi connectivity index (χ3v) is 12.5. The molecule has 0 aliphatic carbocycles. The highest BCUT2D eigenvalue weighted by Gasteiger charge is 2.30. The van der Waals surface area contributed by atoms with Gasteiger partial charge >= 0.3 is 0 Å². The molecule has 4 heteroatoms. The van der Waals surface area contributed by atoms with E-state index in [4.69, 9.17) is 16.8 Å². The van der Waals surface area contributed by atoms with E-state index in [-0.39, 0.29) is 39.6 Å². The molecule has 0 radical (unpaired) electrons. The number of imidazole rings is 1. The first-order valence-corrected chi connectivity index (χ1v) is 22.7. The van der Waals surface area contributed by atoms with E-state index >= 15 is 0 Å². The zero-order chi connectivity index (χ0) is 52.1. The van der Waals surface area contributed by atoms with Crippen molar-refractivity contribution in [3.8, 4) is 67.5 Å². The Hall–Kier alpha value is -6.26. The number of rotatable bonds is 7. The average molecular weight is 864 g/mol. The SMILES string of the molecule is [2H]c1c([2H])c([2H])c(-c2ccnc(-c3cc(-c4cccc5c4nc(-c4cc(C(C)(C)C)cc(C(C)(C)C)c4O)n5-c4ccc(-c5ccccc5C(C)(C)C)c(C([2H])(C)C)c4)cc(C(C)(C)C)c3)c2)c([2H])c1[2H]. The van der Waals surface area contributed by atoms with Crippen LogP contribution < -0.4 is 0 Å². The maximum atomic E-state index is 12.6. The molecule has 6 aromatic carbocycles. The predicted octanol–water partition coefficient (Wildman–Crippen LogP) is 16.8. The smallest absolute Gasteiger partial charge is 0.149 e. The molecular weight excluding hydrogens is 791 g/mol. The minimum absolute atomic E-state index is 0.117. The number of phenols is 1. The van der Waals surface area contributed by atoms with E-state index in [9.17, 15) is 6.48 Å². The second-order valence-corrected chi connectivity index (χ2v) is 21.9. The first kappa shape index (κ1) is 38.1. The Kier molecular flexibility index (Phi) is 9.73. The van der Waals surface area contributed by atoms with Gasteiger partial charge in [-0.3, -0.25) is 9.55 Å². The molecule has 0 amide bonds. The summed E-state index contributed by atoms with van der Waals surface area (Å²) in [6, 6.07) is 33.3. The van der Waals surface area contributed by atoms with Crippen LogP contribution in [0.25, 0.3) is 72.7 Å². The van der Waals surface area contributed by atoms with E-state index in [1.54, 1.807) is 18.3 Å². The van der Waals surface area contributed by atoms with Crippen molar-refractivity contribution in [1.29, 1.82) is 0 Å². The molecule has 2 aromatic heterocycles. The summed E-state index contributed by atoms with van der Waals surface area (Å²) >= 11 is 0. The van der Waals surface area contributed by atoms with E-state index in [0.29, 0.717) is 28.2 Å². The number of aromatic hydroxyl groups is 1. The van der Waals surface area contributed by atoms with Gasteiger partial charge in [0, 0.05) is 29.9 Å². The maximum Gasteiger partial charge on any atom is 0.149 e. The van der Waals surface area contributed by atoms with Gasteiger partial charge in [0.15, 0.2) is 0 Å². The zero-order valence-corrected chi connectivity index (χ0v) is 40.7. The molecule has 8 rings (SSSR count). The molecule has 1 N–H and O–H groups in total. The summed E-state index contributed by atoms with van der Waals surface area (Å²) in [7, 11) is 0. The van der Waals surface area contributed by atoms with Crippen LogP contribution in [-0.2, 0) is 21.7 Å². The van der Waals surface area contributed by atoms with Crippen LogP contribution >= 0.6 is 0 Å². The minimum atomic E-state index is -0.997. The third kappa shape index (κ3) is 8.93. The third-order valence-electron chi connectivity index (χ3n) is 12.5. The van der Waals surface area contributed by atoms with Gasteiger partial charge in [0.1, 0.15) is 11.6 Å². The Balaban J connectivity index is 1.44. The molecule has 0 aliphatic rings. The molecule has 0 atom stereocenters. The fourth-order valence-electron chi connectivity index (χ4n) is 8.78. The molecule has 2 heterocycles. The molecule has 332 valence electrons. The molecule has 0 saturated carbocycles. The molecule has 65 heavy (non-hydrogen) atoms. The number of benzene rings is 6. The highest BCUT2D eigenvalue weighted by atomic mass is 16.3. The van der Waals surface area contributed by atoms with E-state index in [0.717, 1.165) is 61.3 Å². The maximum absolute atomic E-state index is 12.6. The summed E-state index contributed by atoms with van der Waals surface area (Å²) < 4.78 is 54.1. The van der Waals surface area contributed by atoms with Crippen molar-refractivity contribution in [3.05, 3.63) is 167 Å². The van der Waals surface area contributed by atoms with Crippen LogP contribution in [0, 0.1) is 0 Å². The van der Waals surface area contributed by atoms with Crippen molar-refractivity contribution < 1.29 is 13.3 Å². The number of nitrogens with zero attached hydrogens (tertiary/aromatic N) is 3. The summed E-state index contributed by atoms with van der Waals surface area (Å²) in [6.45, 7) is 29.9. The van der Waals surface area contributed by atoms with Crippen molar-refractivity contribution in [2.45, 2.75) is 124 Å². The zero-order valence-electron chi connectivity index (χ0n) is 46.7. The molecule has 0 saturated heterocycles. The van der Waals surface area contributed by atoms with Gasteiger partial charge in [0.2, 0.25) is 0 Å². The number of fused-ring (bicyclic) bond motifs is 1. The summed E-state index contributed by atoms with van der Waals surface area (Å²) in [4.78, 5) is 10.4. The molecule has 0 aliphatic heterocycles. The Morgan fingerprint density at radius 2 is 1.20 bits per heavy atom. The first-order chi connectivity index (χ1) is 32.9. The lowest BCUT2D eigenvalue weighted by atomic mass is 9.79. The summed E-state index contributed by atoms with van der Waals surface area (Å²) in [5.74, 6) is -0.260. The van der Waals surface area contributed by atoms with Gasteiger partial charge in [0.25, 0.3) is 0 Å². The van der Waals surface area contributed by atoms with Crippen molar-refractivity contribution in [3.63, 3.8) is 0 Å². The molecule has 8 aromatic rings. The molecule has 0 unspecified atom stereocenters. The molecule has 0 spiro atoms. The Bertz CT molecular complexity index is 3380. The first-order valence-electron chi connectivity index (χ1n) is 25.7. The monoisotopic (exact) mass is 864 g/mol. The summed E-state index contributed by atoms with van der Waals surface area (Å²) in [5, 5.41) is 12.6. The lowest BCUT2D eigenvalue weighted by Gasteiger charge is -2.28. The number of para-hydroxylation sites is 1. The molecule has 4 nitrogen and oxygen atoms in total. The minimum Gasteiger partial charge on any atom is -0.507 e. The topological polar surface area (TPSA) is 50.9 Å². The summed E-state index contributed by atoms with van der Waals surface area (Å²) in [6.07, 6.45) is 1.62. The second-order valence-electron chi connectivity index (χ2n) is 21.9. The highest BCUT2D eigenvalue weighted by Crippen LogP contribution is 2.46. The van der Waals surface area contributed by atoms with E-state index in [1.807, 2.05) is 19.9 Å². The quantitative estimate of drug-likeness (QED) is 0.174. The lowest BCUT2D eigenvalue weighted by Crippen LogP contribution is -2.17. The van der Waals surface area contributed by atoms with Crippen LogP contribution in [0.2, 0.25) is 0 Å². The van der Waals surface area contributed by atoms with E-state index in [2.05, 4.69) is 173 Å². The van der Waals surface area contributed by atoms with Crippen LogP contribution in [0.4, 0.5) is 0 Å². The fraction of sp³-hybridized carbons (Fsp3) is 0.311. The van der Waals surface area contributed by atoms with Crippen LogP contribution in [0.3, 0.4) is 0 Å². The van der Waals surface area contributed by atoms with Gasteiger partial charge in [0.05, 0.1) is 29.1 Å². The van der Waals surface area contributed by atoms with Crippen LogP contribution in [-0.4, -0.2) is 19.6 Å². The molecular formula is C61H67N3O. The van der Waals surface area contributed by atoms with Gasteiger partial charge in [-0.2, -0.15) is 0 Å². The van der Waals surface area contributed by atoms with Crippen LogP contribution in [0.15, 0.2) is 140 Å². The summed E-state index contributed by atoms with van der Waals surface area (Å²) in [5.41, 5.74) is 12.6. The van der Waals surface area contributed by atoms with Crippen LogP contribution in [0.1, 0.15) is 139 Å². The molecule has 0 fully saturated rings. The number of pyridine rings is 1. The largest absolute Gasteiger partial charge is 0.507 e. The average Bonchev–Trinajstić information content (AvgIpc) is 3.68. The lowest BCUT2D eigenvalue weighted by molar-refractivity contribution is 0.446. The van der Waals surface area contributed by atoms with Crippen molar-refractivity contribution in [2.75, 3.05) is 0 Å². The standard InChI is InChI=1S/C61H67N3O/c1-38(2)49-37-45(27-28-47(49)48-23-18-19-25-51(48)60(9,10)11)64-54-26-20-24-46(55(54)63-57(64)50-35-44(59(6,7)8)36-52(56(50)65)61(12,13)14)41-31-42(33-43(32-41)58(3,4)5)53-34-40(29-30-62-53)39-21-16-15-17-22-39/h15-38,65H,1-14H3/i15D,16D,17D,21D,22D,38D. The number of phenolic OH excluding ortho intramolecular Hbond substituents is 1. The number of hydrogen-bond acceptors (Lipinski definition) is 3. The van der Waals surface area contributed by atoms with Gasteiger partial charge in [-0.1, -0.05) is 182 Å². The number of hydrogen-bond donors (Lipinski definition) is 1. The van der Waals surface area contributed by atoms with Gasteiger partial charge < -0.3 is 5.11 Å². The van der Waals surface area contributed by atoms with Crippen molar-refractivity contribution in [1.82, 2.24) is 14.5 Å². The predicted molar refractivity (Wildman–Crippen MR) is 277 cm³/mol. The van der Waals surface area contributed by atoms with E-state index < -0.39 is 29.4 Å². The normalized spacial score (nSPS) is 14.1. The van der Waals surface area contributed by atoms with Gasteiger partial charge in [-0.15, -0.1) is 0 Å². The number of aromatic nitrogens is 3. The van der Waals surface area contributed by atoms with Crippen molar-refractivity contribution in [2.24, 2.45) is 0 Å². The van der Waals surface area contributed by atoms with Crippen molar-refractivity contribution >= 4 is 11.0 Å². The highest BCUT2D eigenvalue weighted by molar-refractivity contribution is 5.97. The Morgan fingerprint density at radius 3 is 1.86 bits per heavy atom. The molecule has 0 bridgehead atoms. The Morgan fingerprint density at radius 1 is 0.554 bits per heavy atom. The Labute approximate surface area is 396 Å².